The molecule has 1 fully saturated rings. The zero-order valence-electron chi connectivity index (χ0n) is 11.8. The first-order chi connectivity index (χ1) is 9.11. The fourth-order valence-corrected chi connectivity index (χ4v) is 3.00. The molecule has 1 aromatic carbocycles. The van der Waals surface area contributed by atoms with E-state index in [4.69, 9.17) is 5.26 Å². The normalized spacial score (nSPS) is 22.1. The van der Waals surface area contributed by atoms with Crippen molar-refractivity contribution in [2.45, 2.75) is 52.4 Å². The first-order valence-electron chi connectivity index (χ1n) is 6.77. The summed E-state index contributed by atoms with van der Waals surface area (Å²) in [6, 6.07) is 6.76. The molecule has 1 nitrogen and oxygen atoms in total. The average Bonchev–Trinajstić information content (AvgIpc) is 2.41. The summed E-state index contributed by atoms with van der Waals surface area (Å²) in [5, 5.41) is 9.09. The second-order valence-corrected chi connectivity index (χ2v) is 5.60. The molecular formula is C16H21I2N. The highest BCUT2D eigenvalue weighted by Gasteiger charge is 2.20. The molecule has 1 saturated carbocycles. The van der Waals surface area contributed by atoms with E-state index in [-0.39, 0.29) is 0 Å². The second-order valence-electron chi connectivity index (χ2n) is 5.60. The van der Waals surface area contributed by atoms with Crippen molar-refractivity contribution in [3.63, 3.8) is 0 Å². The third-order valence-electron chi connectivity index (χ3n) is 4.15. The molecule has 0 aromatic heterocycles. The van der Waals surface area contributed by atoms with Gasteiger partial charge in [-0.25, -0.2) is 0 Å². The molecule has 2 rings (SSSR count). The SMILES string of the molecule is Cc1cc(C2CCC(C)CC2)cc(C)c1C#N.II. The van der Waals surface area contributed by atoms with Gasteiger partial charge in [-0.15, -0.1) is 0 Å². The minimum atomic E-state index is 0.719. The quantitative estimate of drug-likeness (QED) is 0.436. The Morgan fingerprint density at radius 2 is 1.53 bits per heavy atom. The lowest BCUT2D eigenvalue weighted by atomic mass is 9.78. The maximum atomic E-state index is 9.09. The number of hydrogen-bond donors (Lipinski definition) is 0. The Labute approximate surface area is 140 Å². The van der Waals surface area contributed by atoms with Crippen LogP contribution in [0.3, 0.4) is 0 Å². The van der Waals surface area contributed by atoms with Crippen LogP contribution in [0.4, 0.5) is 0 Å². The Morgan fingerprint density at radius 3 is 1.95 bits per heavy atom. The highest BCUT2D eigenvalue weighted by atomic mass is 128. The fourth-order valence-electron chi connectivity index (χ4n) is 3.00. The molecule has 0 spiro atoms. The lowest BCUT2D eigenvalue weighted by Crippen LogP contribution is -2.11. The van der Waals surface area contributed by atoms with Gasteiger partial charge in [0.25, 0.3) is 0 Å². The predicted octanol–water partition coefficient (Wildman–Crippen LogP) is 6.24. The summed E-state index contributed by atoms with van der Waals surface area (Å²) in [4.78, 5) is 0. The molecule has 1 aliphatic rings. The summed E-state index contributed by atoms with van der Waals surface area (Å²) in [5.74, 6) is 1.61. The third kappa shape index (κ3) is 4.59. The van der Waals surface area contributed by atoms with E-state index < -0.39 is 0 Å². The summed E-state index contributed by atoms with van der Waals surface area (Å²) >= 11 is 4.24. The maximum Gasteiger partial charge on any atom is 0.0997 e. The van der Waals surface area contributed by atoms with Crippen LogP contribution in [0.1, 0.15) is 60.8 Å². The standard InChI is InChI=1S/C16H21N.I2/c1-11-4-6-14(7-5-11)15-8-12(2)16(10-17)13(3)9-15;1-2/h8-9,11,14H,4-7H2,1-3H3;. The van der Waals surface area contributed by atoms with E-state index in [0.717, 1.165) is 28.5 Å². The van der Waals surface area contributed by atoms with Gasteiger partial charge in [0.15, 0.2) is 0 Å². The van der Waals surface area contributed by atoms with E-state index in [1.54, 1.807) is 0 Å². The highest BCUT2D eigenvalue weighted by Crippen LogP contribution is 2.36. The Morgan fingerprint density at radius 1 is 1.05 bits per heavy atom. The van der Waals surface area contributed by atoms with Crippen molar-refractivity contribution >= 4 is 37.2 Å². The van der Waals surface area contributed by atoms with Crippen LogP contribution < -0.4 is 0 Å². The van der Waals surface area contributed by atoms with Gasteiger partial charge >= 0.3 is 0 Å². The van der Waals surface area contributed by atoms with E-state index in [1.807, 2.05) is 0 Å². The molecule has 0 heterocycles. The molecule has 1 aromatic rings. The van der Waals surface area contributed by atoms with Crippen molar-refractivity contribution in [2.75, 3.05) is 0 Å². The topological polar surface area (TPSA) is 23.8 Å². The molecular weight excluding hydrogens is 460 g/mol. The Balaban J connectivity index is 0.000000861. The average molecular weight is 481 g/mol. The van der Waals surface area contributed by atoms with Crippen molar-refractivity contribution in [1.29, 1.82) is 5.26 Å². The first kappa shape index (κ1) is 17.2. The van der Waals surface area contributed by atoms with Gasteiger partial charge in [-0.2, -0.15) is 5.26 Å². The summed E-state index contributed by atoms with van der Waals surface area (Å²) in [7, 11) is 0. The van der Waals surface area contributed by atoms with Crippen LogP contribution in [0, 0.1) is 31.1 Å². The lowest BCUT2D eigenvalue weighted by Gasteiger charge is -2.27. The zero-order chi connectivity index (χ0) is 14.4. The number of nitriles is 1. The van der Waals surface area contributed by atoms with Gasteiger partial charge in [-0.3, -0.25) is 0 Å². The summed E-state index contributed by atoms with van der Waals surface area (Å²) < 4.78 is 0. The first-order valence-corrected chi connectivity index (χ1v) is 13.1. The van der Waals surface area contributed by atoms with Crippen LogP contribution in [-0.2, 0) is 0 Å². The van der Waals surface area contributed by atoms with Gasteiger partial charge in [-0.1, -0.05) is 31.9 Å². The summed E-state index contributed by atoms with van der Waals surface area (Å²) in [6.45, 7) is 6.46. The van der Waals surface area contributed by atoms with Crippen LogP contribution in [0.5, 0.6) is 0 Å². The number of hydrogen-bond acceptors (Lipinski definition) is 1. The third-order valence-corrected chi connectivity index (χ3v) is 4.15. The van der Waals surface area contributed by atoms with Gasteiger partial charge in [0.05, 0.1) is 11.6 Å². The van der Waals surface area contributed by atoms with Gasteiger partial charge in [0, 0.05) is 37.2 Å². The van der Waals surface area contributed by atoms with E-state index in [0.29, 0.717) is 0 Å². The minimum Gasteiger partial charge on any atom is -0.192 e. The smallest absolute Gasteiger partial charge is 0.0997 e. The number of nitrogens with zero attached hydrogens (tertiary/aromatic N) is 1. The largest absolute Gasteiger partial charge is 0.192 e. The number of aryl methyl sites for hydroxylation is 2. The molecule has 0 unspecified atom stereocenters. The Bertz CT molecular complexity index is 431. The molecule has 1 aliphatic carbocycles. The zero-order valence-corrected chi connectivity index (χ0v) is 16.2. The monoisotopic (exact) mass is 481 g/mol. The number of benzene rings is 1. The van der Waals surface area contributed by atoms with E-state index in [2.05, 4.69) is 76.2 Å². The predicted molar refractivity (Wildman–Crippen MR) is 99.0 cm³/mol. The van der Waals surface area contributed by atoms with Crippen molar-refractivity contribution in [3.8, 4) is 6.07 Å². The van der Waals surface area contributed by atoms with Crippen LogP contribution in [0.15, 0.2) is 12.1 Å². The molecule has 0 aliphatic heterocycles. The van der Waals surface area contributed by atoms with Crippen LogP contribution in [0.2, 0.25) is 0 Å². The molecule has 104 valence electrons. The number of rotatable bonds is 1. The van der Waals surface area contributed by atoms with Crippen molar-refractivity contribution in [2.24, 2.45) is 5.92 Å². The maximum absolute atomic E-state index is 9.09. The van der Waals surface area contributed by atoms with Crippen LogP contribution in [-0.4, -0.2) is 0 Å². The Kier molecular flexibility index (Phi) is 7.66. The van der Waals surface area contributed by atoms with Crippen molar-refractivity contribution in [1.82, 2.24) is 0 Å². The van der Waals surface area contributed by atoms with E-state index in [9.17, 15) is 0 Å². The molecule has 3 heteroatoms. The fraction of sp³-hybridized carbons (Fsp3) is 0.562. The molecule has 0 saturated heterocycles. The van der Waals surface area contributed by atoms with Crippen LogP contribution >= 0.6 is 37.2 Å². The molecule has 0 N–H and O–H groups in total. The molecule has 0 radical (unpaired) electrons. The molecule has 0 atom stereocenters. The van der Waals surface area contributed by atoms with E-state index in [1.165, 1.54) is 31.2 Å². The summed E-state index contributed by atoms with van der Waals surface area (Å²) in [6.07, 6.45) is 5.32. The molecule has 19 heavy (non-hydrogen) atoms. The van der Waals surface area contributed by atoms with Crippen molar-refractivity contribution < 1.29 is 0 Å². The van der Waals surface area contributed by atoms with Gasteiger partial charge in [-0.05, 0) is 55.2 Å². The van der Waals surface area contributed by atoms with Gasteiger partial charge in [0.1, 0.15) is 0 Å². The Hall–Kier alpha value is 0.170. The van der Waals surface area contributed by atoms with Crippen molar-refractivity contribution in [3.05, 3.63) is 34.4 Å². The van der Waals surface area contributed by atoms with Crippen LogP contribution in [0.25, 0.3) is 0 Å². The van der Waals surface area contributed by atoms with Gasteiger partial charge < -0.3 is 0 Å². The highest BCUT2D eigenvalue weighted by molar-refractivity contribution is 15.0. The minimum absolute atomic E-state index is 0.719. The second kappa shape index (κ2) is 8.46. The summed E-state index contributed by atoms with van der Waals surface area (Å²) in [5.41, 5.74) is 4.59. The lowest BCUT2D eigenvalue weighted by molar-refractivity contribution is 0.348. The van der Waals surface area contributed by atoms with Gasteiger partial charge in [0.2, 0.25) is 0 Å². The molecule has 0 bridgehead atoms. The van der Waals surface area contributed by atoms with E-state index >= 15 is 0 Å². The number of halogens is 2. The molecule has 0 amide bonds.